The summed E-state index contributed by atoms with van der Waals surface area (Å²) in [6.45, 7) is 5.30. The zero-order valence-corrected chi connectivity index (χ0v) is 22.4. The summed E-state index contributed by atoms with van der Waals surface area (Å²) in [7, 11) is 0. The van der Waals surface area contributed by atoms with Crippen LogP contribution in [-0.2, 0) is 13.1 Å². The highest BCUT2D eigenvalue weighted by Crippen LogP contribution is 2.35. The van der Waals surface area contributed by atoms with E-state index in [1.54, 1.807) is 6.20 Å². The van der Waals surface area contributed by atoms with Gasteiger partial charge in [0.2, 0.25) is 0 Å². The maximum Gasteiger partial charge on any atom is 0.253 e. The minimum Gasteiger partial charge on any atom is -0.321 e. The van der Waals surface area contributed by atoms with Crippen LogP contribution in [0.5, 0.6) is 0 Å². The number of tetrazole rings is 1. The number of aryl methyl sites for hydroxylation is 2. The fourth-order valence-electron chi connectivity index (χ4n) is 5.87. The van der Waals surface area contributed by atoms with E-state index in [-0.39, 0.29) is 11.6 Å². The molecule has 3 aromatic heterocycles. The molecule has 1 fully saturated rings. The molecule has 0 saturated heterocycles. The van der Waals surface area contributed by atoms with E-state index in [4.69, 9.17) is 0 Å². The molecule has 5 aromatic rings. The van der Waals surface area contributed by atoms with Crippen molar-refractivity contribution < 1.29 is 0 Å². The van der Waals surface area contributed by atoms with Crippen molar-refractivity contribution in [1.29, 1.82) is 0 Å². The maximum absolute atomic E-state index is 13.9. The number of aromatic amines is 1. The molecule has 1 saturated carbocycles. The van der Waals surface area contributed by atoms with Gasteiger partial charge in [0, 0.05) is 36.4 Å². The van der Waals surface area contributed by atoms with E-state index in [1.165, 1.54) is 0 Å². The number of benzene rings is 2. The van der Waals surface area contributed by atoms with Gasteiger partial charge in [0.05, 0.1) is 11.6 Å². The van der Waals surface area contributed by atoms with Gasteiger partial charge in [-0.2, -0.15) is 0 Å². The molecule has 198 valence electrons. The fraction of sp³-hybridized carbons (Fsp3) is 0.323. The molecule has 1 aliphatic rings. The molecule has 0 radical (unpaired) electrons. The van der Waals surface area contributed by atoms with Crippen LogP contribution in [0.15, 0.2) is 77.9 Å². The zero-order valence-electron chi connectivity index (χ0n) is 22.4. The number of rotatable bonds is 8. The van der Waals surface area contributed by atoms with E-state index in [0.29, 0.717) is 24.5 Å². The SMILES string of the molecule is Cc1ccc(C)c2[nH]c(=O)c(C(c3nnnn3C3CCCC3)N(Cc3ccccc3)Cc3cccnc3)cc12. The quantitative estimate of drug-likeness (QED) is 0.294. The summed E-state index contributed by atoms with van der Waals surface area (Å²) < 4.78 is 1.98. The molecule has 1 atom stereocenters. The van der Waals surface area contributed by atoms with Crippen molar-refractivity contribution in [2.75, 3.05) is 0 Å². The third kappa shape index (κ3) is 5.12. The molecule has 2 aromatic carbocycles. The van der Waals surface area contributed by atoms with Crippen molar-refractivity contribution in [2.45, 2.75) is 64.7 Å². The van der Waals surface area contributed by atoms with Gasteiger partial charge in [-0.15, -0.1) is 5.10 Å². The predicted octanol–water partition coefficient (Wildman–Crippen LogP) is 5.43. The first kappa shape index (κ1) is 25.1. The molecule has 1 aliphatic carbocycles. The highest BCUT2D eigenvalue weighted by molar-refractivity contribution is 5.85. The van der Waals surface area contributed by atoms with Crippen LogP contribution in [0, 0.1) is 13.8 Å². The smallest absolute Gasteiger partial charge is 0.253 e. The highest BCUT2D eigenvalue weighted by Gasteiger charge is 2.33. The average molecular weight is 520 g/mol. The summed E-state index contributed by atoms with van der Waals surface area (Å²) >= 11 is 0. The first-order valence-electron chi connectivity index (χ1n) is 13.7. The molecule has 6 rings (SSSR count). The molecule has 0 amide bonds. The molecule has 0 bridgehead atoms. The summed E-state index contributed by atoms with van der Waals surface area (Å²) in [5, 5.41) is 14.2. The highest BCUT2D eigenvalue weighted by atomic mass is 16.1. The van der Waals surface area contributed by atoms with Crippen LogP contribution < -0.4 is 5.56 Å². The Kier molecular flexibility index (Phi) is 7.02. The lowest BCUT2D eigenvalue weighted by molar-refractivity contribution is 0.190. The normalized spacial score (nSPS) is 14.8. The Labute approximate surface area is 227 Å². The molecular formula is C31H33N7O. The summed E-state index contributed by atoms with van der Waals surface area (Å²) in [6, 6.07) is 20.3. The van der Waals surface area contributed by atoms with E-state index in [2.05, 4.69) is 73.7 Å². The van der Waals surface area contributed by atoms with E-state index in [0.717, 1.165) is 58.8 Å². The van der Waals surface area contributed by atoms with E-state index >= 15 is 0 Å². The van der Waals surface area contributed by atoms with Crippen molar-refractivity contribution in [3.05, 3.63) is 117 Å². The maximum atomic E-state index is 13.9. The van der Waals surface area contributed by atoms with Gasteiger partial charge >= 0.3 is 0 Å². The lowest BCUT2D eigenvalue weighted by Crippen LogP contribution is -2.35. The number of hydrogen-bond donors (Lipinski definition) is 1. The Morgan fingerprint density at radius 3 is 2.49 bits per heavy atom. The monoisotopic (exact) mass is 519 g/mol. The molecular weight excluding hydrogens is 486 g/mol. The minimum absolute atomic E-state index is 0.119. The molecule has 39 heavy (non-hydrogen) atoms. The second-order valence-electron chi connectivity index (χ2n) is 10.6. The molecule has 8 heteroatoms. The number of nitrogens with zero attached hydrogens (tertiary/aromatic N) is 6. The third-order valence-corrected chi connectivity index (χ3v) is 7.90. The number of hydrogen-bond acceptors (Lipinski definition) is 6. The largest absolute Gasteiger partial charge is 0.321 e. The second-order valence-corrected chi connectivity index (χ2v) is 10.6. The number of aromatic nitrogens is 6. The Bertz CT molecular complexity index is 1580. The Morgan fingerprint density at radius 2 is 1.72 bits per heavy atom. The standard InChI is InChI=1S/C31H33N7O/c1-21-14-15-22(2)28-26(21)17-27(31(39)33-28)29(30-34-35-36-38(30)25-12-6-7-13-25)37(19-23-9-4-3-5-10-23)20-24-11-8-16-32-18-24/h3-5,8-11,14-18,25,29H,6-7,12-13,19-20H2,1-2H3,(H,33,39). The van der Waals surface area contributed by atoms with Crippen molar-refractivity contribution in [1.82, 2.24) is 35.1 Å². The molecule has 1 unspecified atom stereocenters. The van der Waals surface area contributed by atoms with Gasteiger partial charge in [0.15, 0.2) is 5.82 Å². The van der Waals surface area contributed by atoms with Gasteiger partial charge < -0.3 is 4.98 Å². The van der Waals surface area contributed by atoms with Crippen molar-refractivity contribution >= 4 is 10.9 Å². The predicted molar refractivity (Wildman–Crippen MR) is 151 cm³/mol. The van der Waals surface area contributed by atoms with Crippen LogP contribution in [0.1, 0.15) is 71.4 Å². The fourth-order valence-corrected chi connectivity index (χ4v) is 5.87. The van der Waals surface area contributed by atoms with Crippen LogP contribution in [-0.4, -0.2) is 35.1 Å². The van der Waals surface area contributed by atoms with Crippen LogP contribution in [0.3, 0.4) is 0 Å². The Balaban J connectivity index is 1.56. The van der Waals surface area contributed by atoms with Gasteiger partial charge in [-0.1, -0.05) is 61.4 Å². The van der Waals surface area contributed by atoms with E-state index in [1.807, 2.05) is 42.1 Å². The van der Waals surface area contributed by atoms with Gasteiger partial charge in [-0.05, 0) is 71.5 Å². The van der Waals surface area contributed by atoms with Gasteiger partial charge in [0.25, 0.3) is 5.56 Å². The zero-order chi connectivity index (χ0) is 26.8. The summed E-state index contributed by atoms with van der Waals surface area (Å²) in [5.41, 5.74) is 5.77. The van der Waals surface area contributed by atoms with Crippen LogP contribution in [0.25, 0.3) is 10.9 Å². The van der Waals surface area contributed by atoms with Gasteiger partial charge in [-0.3, -0.25) is 14.7 Å². The third-order valence-electron chi connectivity index (χ3n) is 7.90. The van der Waals surface area contributed by atoms with Crippen LogP contribution in [0.2, 0.25) is 0 Å². The van der Waals surface area contributed by atoms with E-state index < -0.39 is 6.04 Å². The molecule has 8 nitrogen and oxygen atoms in total. The lowest BCUT2D eigenvalue weighted by Gasteiger charge is -2.32. The molecule has 3 heterocycles. The average Bonchev–Trinajstić information content (AvgIpc) is 3.65. The Morgan fingerprint density at radius 1 is 0.974 bits per heavy atom. The number of nitrogens with one attached hydrogen (secondary N) is 1. The number of pyridine rings is 2. The summed E-state index contributed by atoms with van der Waals surface area (Å²) in [5.74, 6) is 0.705. The summed E-state index contributed by atoms with van der Waals surface area (Å²) in [6.07, 6.45) is 8.06. The number of fused-ring (bicyclic) bond motifs is 1. The molecule has 0 aliphatic heterocycles. The van der Waals surface area contributed by atoms with E-state index in [9.17, 15) is 4.79 Å². The first-order chi connectivity index (χ1) is 19.1. The second kappa shape index (κ2) is 10.9. The van der Waals surface area contributed by atoms with Crippen molar-refractivity contribution in [2.24, 2.45) is 0 Å². The van der Waals surface area contributed by atoms with Gasteiger partial charge in [0.1, 0.15) is 6.04 Å². The lowest BCUT2D eigenvalue weighted by atomic mass is 9.98. The summed E-state index contributed by atoms with van der Waals surface area (Å²) in [4.78, 5) is 23.8. The first-order valence-corrected chi connectivity index (χ1v) is 13.7. The van der Waals surface area contributed by atoms with Crippen molar-refractivity contribution in [3.63, 3.8) is 0 Å². The number of H-pyrrole nitrogens is 1. The van der Waals surface area contributed by atoms with Crippen LogP contribution >= 0.6 is 0 Å². The van der Waals surface area contributed by atoms with Crippen molar-refractivity contribution in [3.8, 4) is 0 Å². The van der Waals surface area contributed by atoms with Crippen LogP contribution in [0.4, 0.5) is 0 Å². The molecule has 0 spiro atoms. The van der Waals surface area contributed by atoms with Gasteiger partial charge in [-0.25, -0.2) is 4.68 Å². The minimum atomic E-state index is -0.464. The molecule has 1 N–H and O–H groups in total. The topological polar surface area (TPSA) is 92.6 Å². The Hall–Kier alpha value is -4.17.